The number of allylic oxidation sites excluding steroid dienone is 1. The number of hydrogen-bond acceptors (Lipinski definition) is 2. The summed E-state index contributed by atoms with van der Waals surface area (Å²) in [4.78, 5) is 14.5. The zero-order valence-corrected chi connectivity index (χ0v) is 14.2. The molecule has 0 radical (unpaired) electrons. The summed E-state index contributed by atoms with van der Waals surface area (Å²) in [7, 11) is 1.87. The smallest absolute Gasteiger partial charge is 0.226 e. The van der Waals surface area contributed by atoms with E-state index >= 15 is 0 Å². The van der Waals surface area contributed by atoms with Crippen molar-refractivity contribution in [3.05, 3.63) is 12.2 Å². The van der Waals surface area contributed by atoms with Gasteiger partial charge in [-0.3, -0.25) is 4.79 Å². The van der Waals surface area contributed by atoms with Crippen LogP contribution in [0.3, 0.4) is 0 Å². The van der Waals surface area contributed by atoms with Crippen LogP contribution in [0.5, 0.6) is 0 Å². The van der Waals surface area contributed by atoms with Crippen molar-refractivity contribution >= 4 is 5.91 Å². The lowest BCUT2D eigenvalue weighted by Crippen LogP contribution is -2.59. The topological polar surface area (TPSA) is 40.5 Å². The molecular weight excluding hydrogens is 262 g/mol. The van der Waals surface area contributed by atoms with E-state index in [0.29, 0.717) is 0 Å². The van der Waals surface area contributed by atoms with Gasteiger partial charge in [-0.25, -0.2) is 0 Å². The molecule has 0 aromatic carbocycles. The van der Waals surface area contributed by atoms with Crippen molar-refractivity contribution in [2.24, 2.45) is 17.3 Å². The minimum absolute atomic E-state index is 0.0136. The first-order chi connectivity index (χ1) is 9.78. The summed E-state index contributed by atoms with van der Waals surface area (Å²) in [6.45, 7) is 8.52. The predicted molar refractivity (Wildman–Crippen MR) is 85.8 cm³/mol. The molecule has 1 heterocycles. The quantitative estimate of drug-likeness (QED) is 0.807. The zero-order chi connectivity index (χ0) is 15.8. The van der Waals surface area contributed by atoms with E-state index in [9.17, 15) is 9.90 Å². The Bertz CT molecular complexity index is 429. The largest absolute Gasteiger partial charge is 0.390 e. The van der Waals surface area contributed by atoms with Crippen LogP contribution in [-0.4, -0.2) is 34.6 Å². The minimum Gasteiger partial charge on any atom is -0.390 e. The van der Waals surface area contributed by atoms with Crippen molar-refractivity contribution in [2.45, 2.75) is 71.4 Å². The predicted octanol–water partition coefficient (Wildman–Crippen LogP) is 3.38. The molecule has 2 aliphatic rings. The summed E-state index contributed by atoms with van der Waals surface area (Å²) in [6.07, 6.45) is 8.99. The summed E-state index contributed by atoms with van der Waals surface area (Å²) in [5, 5.41) is 11.1. The lowest BCUT2D eigenvalue weighted by atomic mass is 9.62. The fraction of sp³-hybridized carbons (Fsp3) is 0.833. The van der Waals surface area contributed by atoms with Crippen LogP contribution in [0.15, 0.2) is 12.2 Å². The van der Waals surface area contributed by atoms with Crippen molar-refractivity contribution < 1.29 is 9.90 Å². The van der Waals surface area contributed by atoms with Gasteiger partial charge in [0.05, 0.1) is 11.6 Å². The highest BCUT2D eigenvalue weighted by atomic mass is 16.3. The number of rotatable bonds is 4. The molecule has 1 amide bonds. The molecule has 1 N–H and O–H groups in total. The monoisotopic (exact) mass is 293 g/mol. The first-order valence-electron chi connectivity index (χ1n) is 8.40. The maximum absolute atomic E-state index is 12.7. The number of nitrogens with zero attached hydrogens (tertiary/aromatic N) is 1. The standard InChI is InChI=1S/C18H31NO2/c1-6-10-14-16(21)19(5)18(4,17(14,2)3)15(20)13-11-8-7-9-12-13/h8,11,13-15,20H,6-7,9-10,12H2,1-5H3/t13-,14+,15+,18-/m1/s1. The van der Waals surface area contributed by atoms with E-state index in [1.165, 1.54) is 0 Å². The second-order valence-corrected chi connectivity index (χ2v) is 7.58. The number of aliphatic hydroxyl groups excluding tert-OH is 1. The van der Waals surface area contributed by atoms with Gasteiger partial charge in [-0.1, -0.05) is 39.3 Å². The van der Waals surface area contributed by atoms with E-state index < -0.39 is 11.6 Å². The van der Waals surface area contributed by atoms with E-state index in [4.69, 9.17) is 0 Å². The maximum Gasteiger partial charge on any atom is 0.226 e. The number of carbonyl (C=O) groups is 1. The molecule has 0 saturated carbocycles. The van der Waals surface area contributed by atoms with Crippen LogP contribution >= 0.6 is 0 Å². The zero-order valence-electron chi connectivity index (χ0n) is 14.2. The summed E-state index contributed by atoms with van der Waals surface area (Å²) in [6, 6.07) is 0. The van der Waals surface area contributed by atoms with Crippen molar-refractivity contribution in [3.8, 4) is 0 Å². The van der Waals surface area contributed by atoms with Crippen molar-refractivity contribution in [1.29, 1.82) is 0 Å². The fourth-order valence-electron chi connectivity index (χ4n) is 4.43. The van der Waals surface area contributed by atoms with E-state index in [0.717, 1.165) is 32.1 Å². The third kappa shape index (κ3) is 2.34. The first kappa shape index (κ1) is 16.5. The van der Waals surface area contributed by atoms with E-state index in [1.807, 2.05) is 11.9 Å². The lowest BCUT2D eigenvalue weighted by molar-refractivity contribution is -0.135. The molecule has 2 rings (SSSR count). The van der Waals surface area contributed by atoms with Gasteiger partial charge in [-0.15, -0.1) is 0 Å². The Hall–Kier alpha value is -0.830. The second-order valence-electron chi connectivity index (χ2n) is 7.58. The lowest BCUT2D eigenvalue weighted by Gasteiger charge is -2.49. The average Bonchev–Trinajstić information content (AvgIpc) is 2.61. The van der Waals surface area contributed by atoms with Crippen LogP contribution in [0.25, 0.3) is 0 Å². The van der Waals surface area contributed by atoms with Gasteiger partial charge in [0.2, 0.25) is 5.91 Å². The summed E-state index contributed by atoms with van der Waals surface area (Å²) < 4.78 is 0. The maximum atomic E-state index is 12.7. The number of aliphatic hydroxyl groups is 1. The van der Waals surface area contributed by atoms with Gasteiger partial charge < -0.3 is 10.0 Å². The first-order valence-corrected chi connectivity index (χ1v) is 8.40. The van der Waals surface area contributed by atoms with Crippen LogP contribution in [0.1, 0.15) is 59.8 Å². The van der Waals surface area contributed by atoms with Gasteiger partial charge >= 0.3 is 0 Å². The van der Waals surface area contributed by atoms with Gasteiger partial charge in [-0.2, -0.15) is 0 Å². The SMILES string of the molecule is CCC[C@H]1C(=O)N(C)[C@](C)([C@@H](O)[C@@H]2C=CCCC2)C1(C)C. The summed E-state index contributed by atoms with van der Waals surface area (Å²) in [5.41, 5.74) is -0.726. The molecule has 1 fully saturated rings. The molecule has 1 aliphatic heterocycles. The summed E-state index contributed by atoms with van der Waals surface area (Å²) >= 11 is 0. The molecule has 0 spiro atoms. The Labute approximate surface area is 129 Å². The molecule has 4 atom stereocenters. The summed E-state index contributed by atoms with van der Waals surface area (Å²) in [5.74, 6) is 0.376. The Morgan fingerprint density at radius 1 is 1.43 bits per heavy atom. The molecule has 21 heavy (non-hydrogen) atoms. The molecular formula is C18H31NO2. The molecule has 1 saturated heterocycles. The highest BCUT2D eigenvalue weighted by Crippen LogP contribution is 2.53. The van der Waals surface area contributed by atoms with Crippen molar-refractivity contribution in [2.75, 3.05) is 7.05 Å². The van der Waals surface area contributed by atoms with Crippen LogP contribution < -0.4 is 0 Å². The van der Waals surface area contributed by atoms with Crippen LogP contribution in [-0.2, 0) is 4.79 Å². The highest BCUT2D eigenvalue weighted by molar-refractivity contribution is 5.83. The highest BCUT2D eigenvalue weighted by Gasteiger charge is 2.62. The minimum atomic E-state index is -0.504. The van der Waals surface area contributed by atoms with E-state index in [1.54, 1.807) is 0 Å². The van der Waals surface area contributed by atoms with Gasteiger partial charge in [0.15, 0.2) is 0 Å². The molecule has 0 unspecified atom stereocenters. The van der Waals surface area contributed by atoms with Gasteiger partial charge in [0.25, 0.3) is 0 Å². The molecule has 0 bridgehead atoms. The molecule has 0 aromatic heterocycles. The van der Waals surface area contributed by atoms with Gasteiger partial charge in [0, 0.05) is 24.3 Å². The number of hydrogen-bond donors (Lipinski definition) is 1. The Morgan fingerprint density at radius 2 is 2.10 bits per heavy atom. The Kier molecular flexibility index (Phi) is 4.53. The van der Waals surface area contributed by atoms with Crippen LogP contribution in [0.4, 0.5) is 0 Å². The molecule has 3 nitrogen and oxygen atoms in total. The van der Waals surface area contributed by atoms with Gasteiger partial charge in [-0.05, 0) is 32.6 Å². The van der Waals surface area contributed by atoms with Crippen molar-refractivity contribution in [1.82, 2.24) is 4.90 Å². The van der Waals surface area contributed by atoms with Crippen LogP contribution in [0, 0.1) is 17.3 Å². The number of carbonyl (C=O) groups excluding carboxylic acids is 1. The number of likely N-dealkylation sites (tertiary alicyclic amines) is 1. The number of likely N-dealkylation sites (N-methyl/N-ethyl adjacent to an activating group) is 1. The Morgan fingerprint density at radius 3 is 2.62 bits per heavy atom. The van der Waals surface area contributed by atoms with E-state index in [2.05, 4.69) is 39.8 Å². The Balaban J connectivity index is 2.36. The molecule has 3 heteroatoms. The van der Waals surface area contributed by atoms with E-state index in [-0.39, 0.29) is 23.2 Å². The third-order valence-corrected chi connectivity index (χ3v) is 6.35. The van der Waals surface area contributed by atoms with Crippen LogP contribution in [0.2, 0.25) is 0 Å². The normalized spacial score (nSPS) is 37.0. The van der Waals surface area contributed by atoms with Gasteiger partial charge in [0.1, 0.15) is 0 Å². The fourth-order valence-corrected chi connectivity index (χ4v) is 4.43. The molecule has 0 aromatic rings. The number of amides is 1. The average molecular weight is 293 g/mol. The molecule has 120 valence electrons. The second kappa shape index (κ2) is 5.75. The van der Waals surface area contributed by atoms with Crippen molar-refractivity contribution in [3.63, 3.8) is 0 Å². The molecule has 1 aliphatic carbocycles. The third-order valence-electron chi connectivity index (χ3n) is 6.35.